The molecule has 0 atom stereocenters. The van der Waals surface area contributed by atoms with Crippen LogP contribution in [0, 0.1) is 0 Å². The van der Waals surface area contributed by atoms with Gasteiger partial charge in [-0.2, -0.15) is 13.2 Å². The summed E-state index contributed by atoms with van der Waals surface area (Å²) in [6.07, 6.45) is -2.84. The monoisotopic (exact) mass is 377 g/mol. The molecule has 0 spiro atoms. The molecule has 25 heavy (non-hydrogen) atoms. The summed E-state index contributed by atoms with van der Waals surface area (Å²) in [6.45, 7) is 4.63. The van der Waals surface area contributed by atoms with Gasteiger partial charge in [0, 0.05) is 45.5 Å². The molecule has 2 rings (SSSR count). The van der Waals surface area contributed by atoms with Crippen LogP contribution in [0.1, 0.15) is 15.9 Å². The Balaban J connectivity index is 2.19. The van der Waals surface area contributed by atoms with Gasteiger partial charge in [0.2, 0.25) is 0 Å². The van der Waals surface area contributed by atoms with Crippen LogP contribution in [0.15, 0.2) is 18.2 Å². The molecule has 1 aliphatic heterocycles. The fourth-order valence-electron chi connectivity index (χ4n) is 2.72. The molecule has 0 aliphatic carbocycles. The molecular weight excluding hydrogens is 355 g/mol. The number of aromatic carboxylic acids is 1. The van der Waals surface area contributed by atoms with Crippen LogP contribution in [0.4, 0.5) is 18.9 Å². The second kappa shape index (κ2) is 8.29. The highest BCUT2D eigenvalue weighted by Gasteiger charge is 2.35. The maximum atomic E-state index is 13.3. The zero-order valence-electron chi connectivity index (χ0n) is 14.2. The van der Waals surface area contributed by atoms with Crippen molar-refractivity contribution in [1.82, 2.24) is 9.80 Å². The second-order valence-electron chi connectivity index (χ2n) is 5.96. The number of nitrogens with zero attached hydrogens (tertiary/aromatic N) is 3. The van der Waals surface area contributed by atoms with Gasteiger partial charge >= 0.3 is 12.1 Å². The van der Waals surface area contributed by atoms with Gasteiger partial charge in [-0.3, -0.25) is 4.90 Å². The van der Waals surface area contributed by atoms with Crippen molar-refractivity contribution in [3.8, 4) is 0 Å². The summed E-state index contributed by atoms with van der Waals surface area (Å²) >= 11 is 1.17. The lowest BCUT2D eigenvalue weighted by molar-refractivity contribution is -0.137. The molecule has 0 bridgehead atoms. The molecule has 1 heterocycles. The van der Waals surface area contributed by atoms with Gasteiger partial charge in [0.15, 0.2) is 0 Å². The van der Waals surface area contributed by atoms with Gasteiger partial charge in [-0.15, -0.1) is 0 Å². The SMILES string of the molecule is CSN(CCN1CCN(C)CC1)c1cc(C(=O)O)ccc1C(F)(F)F. The number of rotatable bonds is 6. The number of carboxylic acids is 1. The molecular formula is C16H22F3N3O2S. The quantitative estimate of drug-likeness (QED) is 0.770. The first-order chi connectivity index (χ1) is 11.7. The van der Waals surface area contributed by atoms with Gasteiger partial charge in [-0.1, -0.05) is 11.9 Å². The number of anilines is 1. The molecule has 1 fully saturated rings. The molecule has 0 unspecified atom stereocenters. The number of carbonyl (C=O) groups is 1. The standard InChI is InChI=1S/C16H22F3N3O2S/c1-20-5-7-21(8-6-20)9-10-22(25-2)14-11-12(15(23)24)3-4-13(14)16(17,18)19/h3-4,11H,5-10H2,1-2H3,(H,23,24). The summed E-state index contributed by atoms with van der Waals surface area (Å²) in [5.41, 5.74) is -1.07. The van der Waals surface area contributed by atoms with Gasteiger partial charge in [0.25, 0.3) is 0 Å². The van der Waals surface area contributed by atoms with Crippen molar-refractivity contribution >= 4 is 23.6 Å². The first-order valence-corrected chi connectivity index (χ1v) is 9.07. The van der Waals surface area contributed by atoms with Crippen molar-refractivity contribution in [2.75, 3.05) is 56.9 Å². The van der Waals surface area contributed by atoms with E-state index in [1.54, 1.807) is 6.26 Å². The fraction of sp³-hybridized carbons (Fsp3) is 0.562. The lowest BCUT2D eigenvalue weighted by atomic mass is 10.1. The Labute approximate surface area is 149 Å². The van der Waals surface area contributed by atoms with Crippen LogP contribution in [0.2, 0.25) is 0 Å². The Morgan fingerprint density at radius 2 is 1.92 bits per heavy atom. The Morgan fingerprint density at radius 3 is 2.44 bits per heavy atom. The van der Waals surface area contributed by atoms with Crippen LogP contribution in [0.5, 0.6) is 0 Å². The van der Waals surface area contributed by atoms with Gasteiger partial charge in [0.1, 0.15) is 0 Å². The third-order valence-corrected chi connectivity index (χ3v) is 5.07. The zero-order valence-corrected chi connectivity index (χ0v) is 15.0. The van der Waals surface area contributed by atoms with Crippen molar-refractivity contribution in [1.29, 1.82) is 0 Å². The Morgan fingerprint density at radius 1 is 1.28 bits per heavy atom. The van der Waals surface area contributed by atoms with E-state index in [2.05, 4.69) is 9.80 Å². The second-order valence-corrected chi connectivity index (χ2v) is 6.77. The Kier molecular flexibility index (Phi) is 6.59. The Hall–Kier alpha value is -1.45. The molecule has 9 heteroatoms. The van der Waals surface area contributed by atoms with E-state index in [1.165, 1.54) is 16.3 Å². The van der Waals surface area contributed by atoms with E-state index in [9.17, 15) is 18.0 Å². The number of likely N-dealkylation sites (N-methyl/N-ethyl adjacent to an activating group) is 1. The van der Waals surface area contributed by atoms with Gasteiger partial charge in [-0.25, -0.2) is 4.79 Å². The third-order valence-electron chi connectivity index (χ3n) is 4.25. The summed E-state index contributed by atoms with van der Waals surface area (Å²) < 4.78 is 41.5. The highest BCUT2D eigenvalue weighted by molar-refractivity contribution is 7.99. The van der Waals surface area contributed by atoms with E-state index in [0.717, 1.165) is 44.4 Å². The van der Waals surface area contributed by atoms with Crippen LogP contribution in [0.3, 0.4) is 0 Å². The number of hydrogen-bond donors (Lipinski definition) is 1. The molecule has 5 nitrogen and oxygen atoms in total. The number of hydrogen-bond acceptors (Lipinski definition) is 5. The summed E-state index contributed by atoms with van der Waals surface area (Å²) in [5.74, 6) is -1.24. The van der Waals surface area contributed by atoms with E-state index < -0.39 is 17.7 Å². The minimum atomic E-state index is -4.53. The van der Waals surface area contributed by atoms with E-state index in [-0.39, 0.29) is 11.3 Å². The average Bonchev–Trinajstić information content (AvgIpc) is 2.56. The molecule has 1 saturated heterocycles. The summed E-state index contributed by atoms with van der Waals surface area (Å²) in [5, 5.41) is 9.10. The maximum Gasteiger partial charge on any atom is 0.418 e. The highest BCUT2D eigenvalue weighted by Crippen LogP contribution is 2.38. The molecule has 1 aromatic rings. The number of alkyl halides is 3. The van der Waals surface area contributed by atoms with Crippen molar-refractivity contribution in [2.24, 2.45) is 0 Å². The number of piperazine rings is 1. The third kappa shape index (κ3) is 5.26. The molecule has 0 saturated carbocycles. The first-order valence-electron chi connectivity index (χ1n) is 7.89. The van der Waals surface area contributed by atoms with Crippen molar-refractivity contribution in [3.05, 3.63) is 29.3 Å². The van der Waals surface area contributed by atoms with Gasteiger partial charge in [-0.05, 0) is 25.2 Å². The van der Waals surface area contributed by atoms with Gasteiger partial charge in [0.05, 0.1) is 16.8 Å². The van der Waals surface area contributed by atoms with E-state index >= 15 is 0 Å². The predicted octanol–water partition coefficient (Wildman–Crippen LogP) is 2.74. The Bertz CT molecular complexity index is 605. The number of benzene rings is 1. The smallest absolute Gasteiger partial charge is 0.418 e. The molecule has 0 amide bonds. The minimum absolute atomic E-state index is 0.103. The topological polar surface area (TPSA) is 47.0 Å². The summed E-state index contributed by atoms with van der Waals surface area (Å²) in [6, 6.07) is 2.94. The largest absolute Gasteiger partial charge is 0.478 e. The average molecular weight is 377 g/mol. The van der Waals surface area contributed by atoms with Crippen LogP contribution in [-0.4, -0.2) is 73.4 Å². The van der Waals surface area contributed by atoms with Crippen molar-refractivity contribution < 1.29 is 23.1 Å². The van der Waals surface area contributed by atoms with E-state index in [1.807, 2.05) is 7.05 Å². The van der Waals surface area contributed by atoms with Crippen LogP contribution < -0.4 is 4.31 Å². The predicted molar refractivity (Wildman–Crippen MR) is 93.2 cm³/mol. The molecule has 140 valence electrons. The molecule has 1 N–H and O–H groups in total. The van der Waals surface area contributed by atoms with E-state index in [0.29, 0.717) is 13.1 Å². The number of halogens is 3. The van der Waals surface area contributed by atoms with Crippen molar-refractivity contribution in [3.63, 3.8) is 0 Å². The van der Waals surface area contributed by atoms with Crippen molar-refractivity contribution in [2.45, 2.75) is 6.18 Å². The molecule has 1 aromatic carbocycles. The van der Waals surface area contributed by atoms with Crippen LogP contribution in [0.25, 0.3) is 0 Å². The minimum Gasteiger partial charge on any atom is -0.478 e. The lowest BCUT2D eigenvalue weighted by Crippen LogP contribution is -2.46. The summed E-state index contributed by atoms with van der Waals surface area (Å²) in [4.78, 5) is 15.6. The summed E-state index contributed by atoms with van der Waals surface area (Å²) in [7, 11) is 2.04. The van der Waals surface area contributed by atoms with Crippen LogP contribution in [-0.2, 0) is 6.18 Å². The lowest BCUT2D eigenvalue weighted by Gasteiger charge is -2.34. The van der Waals surface area contributed by atoms with E-state index in [4.69, 9.17) is 5.11 Å². The highest BCUT2D eigenvalue weighted by atomic mass is 32.2. The maximum absolute atomic E-state index is 13.3. The molecule has 0 aromatic heterocycles. The van der Waals surface area contributed by atoms with Crippen LogP contribution >= 0.6 is 11.9 Å². The zero-order chi connectivity index (χ0) is 18.6. The first kappa shape index (κ1) is 19.9. The van der Waals surface area contributed by atoms with Gasteiger partial charge < -0.3 is 14.3 Å². The molecule has 1 aliphatic rings. The fourth-order valence-corrected chi connectivity index (χ4v) is 3.34. The molecule has 0 radical (unpaired) electrons. The number of carboxylic acid groups (broad SMARTS) is 1. The normalized spacial score (nSPS) is 16.8.